The number of para-hydroxylation sites is 2. The topological polar surface area (TPSA) is 43.8 Å². The molecule has 45 heavy (non-hydrogen) atoms. The first-order valence-electron chi connectivity index (χ1n) is 14.7. The van der Waals surface area contributed by atoms with Crippen molar-refractivity contribution in [2.45, 2.75) is 6.92 Å². The van der Waals surface area contributed by atoms with Crippen LogP contribution in [0.5, 0.6) is 11.5 Å². The molecule has 0 unspecified atom stereocenters. The minimum absolute atomic E-state index is 0. The van der Waals surface area contributed by atoms with E-state index in [0.29, 0.717) is 11.5 Å². The molecule has 0 atom stereocenters. The van der Waals surface area contributed by atoms with Crippen LogP contribution in [0.1, 0.15) is 5.69 Å². The predicted octanol–water partition coefficient (Wildman–Crippen LogP) is 9.55. The number of fused-ring (bicyclic) bond motifs is 12. The maximum absolute atomic E-state index is 6.50. The van der Waals surface area contributed by atoms with Gasteiger partial charge in [-0.05, 0) is 41.5 Å². The van der Waals surface area contributed by atoms with E-state index in [9.17, 15) is 0 Å². The number of aromatic nitrogens is 4. The second-order valence-electron chi connectivity index (χ2n) is 11.3. The van der Waals surface area contributed by atoms with Crippen molar-refractivity contribution in [2.24, 2.45) is 0 Å². The summed E-state index contributed by atoms with van der Waals surface area (Å²) in [6.45, 7) is 2.07. The van der Waals surface area contributed by atoms with Gasteiger partial charge in [0.1, 0.15) is 5.65 Å². The Kier molecular flexibility index (Phi) is 5.60. The molecule has 0 N–H and O–H groups in total. The third-order valence-corrected chi connectivity index (χ3v) is 8.86. The Morgan fingerprint density at radius 2 is 1.31 bits per heavy atom. The van der Waals surface area contributed by atoms with E-state index in [0.717, 1.165) is 66.2 Å². The zero-order valence-corrected chi connectivity index (χ0v) is 26.3. The molecule has 0 spiro atoms. The molecular formula is C39H22N4OPt. The molecule has 10 rings (SSSR count). The van der Waals surface area contributed by atoms with Crippen LogP contribution >= 0.6 is 0 Å². The molecule has 0 aliphatic rings. The van der Waals surface area contributed by atoms with Crippen LogP contribution in [0, 0.1) is 19.1 Å². The van der Waals surface area contributed by atoms with E-state index in [4.69, 9.17) is 14.7 Å². The standard InChI is InChI=1S/C39H22N4O.Pt/c1-23-36(24-9-3-2-4-10-24)42-34-15-6-5-11-28(34)27-18-16-25(21-33(27)39(42)41-23)44-26-17-19-29-30-12-7-13-31-32-14-8-20-40-38(32)43(37(30)31)35(29)22-26;/h2-20H,1H3;/q-2;+2. The molecule has 0 aliphatic carbocycles. The molecule has 214 valence electrons. The number of rotatable bonds is 3. The van der Waals surface area contributed by atoms with Gasteiger partial charge in [-0.25, -0.2) is 4.98 Å². The summed E-state index contributed by atoms with van der Waals surface area (Å²) in [5, 5.41) is 7.80. The van der Waals surface area contributed by atoms with Crippen LogP contribution in [0.3, 0.4) is 0 Å². The van der Waals surface area contributed by atoms with E-state index in [1.807, 2.05) is 30.5 Å². The van der Waals surface area contributed by atoms with E-state index in [-0.39, 0.29) is 21.1 Å². The first-order valence-corrected chi connectivity index (χ1v) is 14.7. The van der Waals surface area contributed by atoms with Crippen molar-refractivity contribution in [1.29, 1.82) is 0 Å². The fraction of sp³-hybridized carbons (Fsp3) is 0.0256. The summed E-state index contributed by atoms with van der Waals surface area (Å²) < 4.78 is 11.0. The smallest absolute Gasteiger partial charge is 0.503 e. The van der Waals surface area contributed by atoms with Gasteiger partial charge in [0.05, 0.1) is 17.0 Å². The van der Waals surface area contributed by atoms with Crippen molar-refractivity contribution >= 4 is 65.5 Å². The normalized spacial score (nSPS) is 11.9. The predicted molar refractivity (Wildman–Crippen MR) is 177 cm³/mol. The number of ether oxygens (including phenoxy) is 1. The molecule has 0 bridgehead atoms. The third kappa shape index (κ3) is 3.59. The van der Waals surface area contributed by atoms with Gasteiger partial charge in [0.15, 0.2) is 0 Å². The van der Waals surface area contributed by atoms with E-state index in [2.05, 4.69) is 113 Å². The summed E-state index contributed by atoms with van der Waals surface area (Å²) in [5.74, 6) is 1.24. The molecule has 0 amide bonds. The first-order chi connectivity index (χ1) is 21.7. The molecule has 0 radical (unpaired) electrons. The van der Waals surface area contributed by atoms with Crippen molar-refractivity contribution in [3.63, 3.8) is 0 Å². The van der Waals surface area contributed by atoms with Crippen molar-refractivity contribution in [3.05, 3.63) is 133 Å². The molecule has 0 aliphatic heterocycles. The number of imidazole rings is 1. The SMILES string of the molecule is Cc1nc2c3[c-]c(Oc4[c-]c5c(cc4)c4cccc6c7cccnc7n5c46)ccc3c3ccccc3n2c1-c1ccccc1.[Pt+2]. The van der Waals surface area contributed by atoms with Gasteiger partial charge in [-0.15, -0.1) is 29.7 Å². The van der Waals surface area contributed by atoms with Crippen molar-refractivity contribution in [1.82, 2.24) is 18.8 Å². The van der Waals surface area contributed by atoms with E-state index >= 15 is 0 Å². The zero-order valence-electron chi connectivity index (χ0n) is 24.0. The Bertz CT molecular complexity index is 2760. The molecule has 5 nitrogen and oxygen atoms in total. The van der Waals surface area contributed by atoms with Gasteiger partial charge >= 0.3 is 21.1 Å². The van der Waals surface area contributed by atoms with Crippen molar-refractivity contribution in [2.75, 3.05) is 0 Å². The molecular weight excluding hydrogens is 736 g/mol. The maximum atomic E-state index is 6.50. The molecule has 0 saturated heterocycles. The Morgan fingerprint density at radius 3 is 2.18 bits per heavy atom. The average Bonchev–Trinajstić information content (AvgIpc) is 3.72. The van der Waals surface area contributed by atoms with Gasteiger partial charge in [-0.2, -0.15) is 6.07 Å². The largest absolute Gasteiger partial charge is 2.00 e. The minimum Gasteiger partial charge on any atom is -0.503 e. The van der Waals surface area contributed by atoms with Crippen LogP contribution in [0.25, 0.3) is 76.8 Å². The van der Waals surface area contributed by atoms with E-state index in [1.54, 1.807) is 0 Å². The number of aryl methyl sites for hydroxylation is 1. The number of hydrogen-bond donors (Lipinski definition) is 0. The van der Waals surface area contributed by atoms with Crippen molar-refractivity contribution < 1.29 is 25.8 Å². The van der Waals surface area contributed by atoms with Crippen LogP contribution in [-0.4, -0.2) is 18.8 Å². The average molecular weight is 758 g/mol. The van der Waals surface area contributed by atoms with Gasteiger partial charge in [0.25, 0.3) is 0 Å². The zero-order chi connectivity index (χ0) is 28.9. The number of benzene rings is 5. The molecule has 10 aromatic rings. The summed E-state index contributed by atoms with van der Waals surface area (Å²) in [7, 11) is 0. The summed E-state index contributed by atoms with van der Waals surface area (Å²) in [4.78, 5) is 9.83. The van der Waals surface area contributed by atoms with Crippen molar-refractivity contribution in [3.8, 4) is 22.8 Å². The molecule has 5 aromatic heterocycles. The maximum Gasteiger partial charge on any atom is 2.00 e. The van der Waals surface area contributed by atoms with Crippen LogP contribution in [0.15, 0.2) is 115 Å². The Morgan fingerprint density at radius 1 is 0.600 bits per heavy atom. The minimum atomic E-state index is 0. The number of pyridine rings is 2. The monoisotopic (exact) mass is 757 g/mol. The van der Waals surface area contributed by atoms with E-state index < -0.39 is 0 Å². The summed E-state index contributed by atoms with van der Waals surface area (Å²) in [6.07, 6.45) is 1.85. The number of hydrogen-bond acceptors (Lipinski definition) is 3. The fourth-order valence-electron chi connectivity index (χ4n) is 7.06. The van der Waals surface area contributed by atoms with Crippen LogP contribution in [0.4, 0.5) is 0 Å². The van der Waals surface area contributed by atoms with Gasteiger partial charge in [0, 0.05) is 39.5 Å². The van der Waals surface area contributed by atoms with Crippen LogP contribution < -0.4 is 4.74 Å². The Hall–Kier alpha value is -5.25. The fourth-order valence-corrected chi connectivity index (χ4v) is 7.06. The Balaban J connectivity index is 0.00000281. The quantitative estimate of drug-likeness (QED) is 0.133. The molecule has 0 saturated carbocycles. The molecule has 5 heterocycles. The van der Waals surface area contributed by atoms with Gasteiger partial charge < -0.3 is 13.5 Å². The summed E-state index contributed by atoms with van der Waals surface area (Å²) in [6, 6.07) is 44.9. The van der Waals surface area contributed by atoms with Gasteiger partial charge in [-0.1, -0.05) is 89.1 Å². The summed E-state index contributed by atoms with van der Waals surface area (Å²) >= 11 is 0. The van der Waals surface area contributed by atoms with Gasteiger partial charge in [0.2, 0.25) is 0 Å². The van der Waals surface area contributed by atoms with Gasteiger partial charge in [-0.3, -0.25) is 4.98 Å². The second kappa shape index (κ2) is 9.62. The Labute approximate surface area is 271 Å². The van der Waals surface area contributed by atoms with Crippen LogP contribution in [0.2, 0.25) is 0 Å². The molecule has 0 fully saturated rings. The molecule has 5 aromatic carbocycles. The third-order valence-electron chi connectivity index (χ3n) is 8.86. The molecule has 6 heteroatoms. The second-order valence-corrected chi connectivity index (χ2v) is 11.3. The first kappa shape index (κ1) is 26.2. The summed E-state index contributed by atoms with van der Waals surface area (Å²) in [5.41, 5.74) is 8.21. The van der Waals surface area contributed by atoms with Crippen LogP contribution in [-0.2, 0) is 21.1 Å². The van der Waals surface area contributed by atoms with E-state index in [1.165, 1.54) is 16.3 Å². The number of nitrogens with zero attached hydrogens (tertiary/aromatic N) is 4.